The van der Waals surface area contributed by atoms with Gasteiger partial charge in [0.2, 0.25) is 5.91 Å². The number of fused-ring (bicyclic) bond motifs is 1. The summed E-state index contributed by atoms with van der Waals surface area (Å²) in [6.45, 7) is 0. The van der Waals surface area contributed by atoms with Crippen LogP contribution in [0.2, 0.25) is 0 Å². The van der Waals surface area contributed by atoms with Crippen molar-refractivity contribution in [2.24, 2.45) is 5.73 Å². The molecule has 0 saturated heterocycles. The Morgan fingerprint density at radius 3 is 2.95 bits per heavy atom. The van der Waals surface area contributed by atoms with Crippen molar-refractivity contribution in [2.75, 3.05) is 7.11 Å². The fourth-order valence-electron chi connectivity index (χ4n) is 2.26. The summed E-state index contributed by atoms with van der Waals surface area (Å²) < 4.78 is 7.11. The second-order valence-corrected chi connectivity index (χ2v) is 4.69. The third kappa shape index (κ3) is 2.31. The minimum Gasteiger partial charge on any atom is -0.496 e. The lowest BCUT2D eigenvalue weighted by molar-refractivity contribution is -0.114. The molecule has 3 rings (SSSR count). The van der Waals surface area contributed by atoms with Crippen LogP contribution in [-0.4, -0.2) is 28.4 Å². The van der Waals surface area contributed by atoms with Crippen molar-refractivity contribution in [3.05, 3.63) is 41.9 Å². The Bertz CT molecular complexity index is 774. The molecular weight excluding hydrogens is 270 g/mol. The quantitative estimate of drug-likeness (QED) is 0.918. The van der Waals surface area contributed by atoms with E-state index >= 15 is 0 Å². The number of methoxy groups -OCH3 is 1. The van der Waals surface area contributed by atoms with E-state index in [0.717, 1.165) is 5.56 Å². The predicted molar refractivity (Wildman–Crippen MR) is 76.8 cm³/mol. The van der Waals surface area contributed by atoms with E-state index in [2.05, 4.69) is 4.98 Å². The van der Waals surface area contributed by atoms with Gasteiger partial charge in [-0.15, -0.1) is 0 Å². The number of benzene rings is 1. The summed E-state index contributed by atoms with van der Waals surface area (Å²) in [5, 5.41) is 0. The molecule has 2 heterocycles. The minimum absolute atomic E-state index is 0.0238. The third-order valence-corrected chi connectivity index (χ3v) is 3.32. The zero-order chi connectivity index (χ0) is 15.0. The lowest BCUT2D eigenvalue weighted by Crippen LogP contribution is -2.10. The molecule has 1 aliphatic heterocycles. The molecule has 2 aromatic rings. The van der Waals surface area contributed by atoms with E-state index in [0.29, 0.717) is 22.8 Å². The Hall–Kier alpha value is -2.89. The standard InChI is InChI=1S/C15H13N3O3/c1-21-13-6-9(15(16)20)2-3-11(13)12-8-18-5-4-10(19)7-14(18)17-12/h2-6,8H,7H2,1H3,(H2,16,20). The van der Waals surface area contributed by atoms with Crippen LogP contribution in [0.25, 0.3) is 17.5 Å². The van der Waals surface area contributed by atoms with Crippen LogP contribution in [0.1, 0.15) is 16.2 Å². The Morgan fingerprint density at radius 1 is 1.43 bits per heavy atom. The van der Waals surface area contributed by atoms with Crippen LogP contribution in [0, 0.1) is 0 Å². The SMILES string of the molecule is COc1cc(C(N)=O)ccc1-c1cn2c(n1)CC(=O)C=C2. The fraction of sp³-hybridized carbons (Fsp3) is 0.133. The van der Waals surface area contributed by atoms with Crippen molar-refractivity contribution in [1.29, 1.82) is 0 Å². The van der Waals surface area contributed by atoms with Crippen molar-refractivity contribution >= 4 is 17.9 Å². The maximum absolute atomic E-state index is 11.4. The van der Waals surface area contributed by atoms with E-state index in [1.54, 1.807) is 29.0 Å². The molecule has 0 atom stereocenters. The summed E-state index contributed by atoms with van der Waals surface area (Å²) >= 11 is 0. The lowest BCUT2D eigenvalue weighted by Gasteiger charge is -2.07. The molecule has 0 unspecified atom stereocenters. The van der Waals surface area contributed by atoms with E-state index in [4.69, 9.17) is 10.5 Å². The Balaban J connectivity index is 2.07. The minimum atomic E-state index is -0.516. The number of aromatic nitrogens is 2. The highest BCUT2D eigenvalue weighted by Crippen LogP contribution is 2.31. The van der Waals surface area contributed by atoms with Crippen molar-refractivity contribution in [1.82, 2.24) is 9.55 Å². The second-order valence-electron chi connectivity index (χ2n) is 4.69. The van der Waals surface area contributed by atoms with Crippen molar-refractivity contribution in [3.8, 4) is 17.0 Å². The third-order valence-electron chi connectivity index (χ3n) is 3.32. The number of ketones is 1. The maximum Gasteiger partial charge on any atom is 0.248 e. The lowest BCUT2D eigenvalue weighted by atomic mass is 10.1. The van der Waals surface area contributed by atoms with E-state index in [1.807, 2.05) is 6.20 Å². The number of rotatable bonds is 3. The summed E-state index contributed by atoms with van der Waals surface area (Å²) in [6.07, 6.45) is 5.30. The molecule has 1 aromatic heterocycles. The average molecular weight is 283 g/mol. The van der Waals surface area contributed by atoms with Crippen LogP contribution in [-0.2, 0) is 11.2 Å². The van der Waals surface area contributed by atoms with Crippen LogP contribution in [0.4, 0.5) is 0 Å². The topological polar surface area (TPSA) is 87.2 Å². The van der Waals surface area contributed by atoms with Gasteiger partial charge >= 0.3 is 0 Å². The van der Waals surface area contributed by atoms with Gasteiger partial charge in [0.15, 0.2) is 5.78 Å². The van der Waals surface area contributed by atoms with Gasteiger partial charge < -0.3 is 15.0 Å². The van der Waals surface area contributed by atoms with E-state index < -0.39 is 5.91 Å². The monoisotopic (exact) mass is 283 g/mol. The predicted octanol–water partition coefficient (Wildman–Crippen LogP) is 1.25. The number of amides is 1. The number of imidazole rings is 1. The highest BCUT2D eigenvalue weighted by Gasteiger charge is 2.17. The molecular formula is C15H13N3O3. The summed E-state index contributed by atoms with van der Waals surface area (Å²) in [7, 11) is 1.52. The molecule has 1 aliphatic rings. The van der Waals surface area contributed by atoms with Gasteiger partial charge in [-0.05, 0) is 24.3 Å². The van der Waals surface area contributed by atoms with Gasteiger partial charge in [0.05, 0.1) is 19.2 Å². The summed E-state index contributed by atoms with van der Waals surface area (Å²) in [5.74, 6) is 0.698. The van der Waals surface area contributed by atoms with Crippen molar-refractivity contribution in [3.63, 3.8) is 0 Å². The van der Waals surface area contributed by atoms with Crippen LogP contribution in [0.5, 0.6) is 5.75 Å². The van der Waals surface area contributed by atoms with E-state index in [-0.39, 0.29) is 12.2 Å². The normalized spacial score (nSPS) is 13.1. The number of nitrogens with two attached hydrogens (primary N) is 1. The molecule has 0 spiro atoms. The average Bonchev–Trinajstić information content (AvgIpc) is 2.89. The first-order valence-electron chi connectivity index (χ1n) is 6.35. The smallest absolute Gasteiger partial charge is 0.248 e. The first kappa shape index (κ1) is 13.1. The first-order chi connectivity index (χ1) is 10.1. The fourth-order valence-corrected chi connectivity index (χ4v) is 2.26. The van der Waals surface area contributed by atoms with Gasteiger partial charge in [-0.2, -0.15) is 0 Å². The van der Waals surface area contributed by atoms with Crippen LogP contribution < -0.4 is 10.5 Å². The molecule has 6 heteroatoms. The van der Waals surface area contributed by atoms with Crippen molar-refractivity contribution < 1.29 is 14.3 Å². The zero-order valence-corrected chi connectivity index (χ0v) is 11.4. The van der Waals surface area contributed by atoms with Gasteiger partial charge in [0.25, 0.3) is 0 Å². The van der Waals surface area contributed by atoms with Gasteiger partial charge in [-0.1, -0.05) is 0 Å². The molecule has 1 amide bonds. The van der Waals surface area contributed by atoms with Gasteiger partial charge in [-0.25, -0.2) is 4.98 Å². The molecule has 0 radical (unpaired) electrons. The van der Waals surface area contributed by atoms with Crippen LogP contribution in [0.3, 0.4) is 0 Å². The number of nitrogens with zero attached hydrogens (tertiary/aromatic N) is 2. The second kappa shape index (κ2) is 4.90. The Morgan fingerprint density at radius 2 is 2.24 bits per heavy atom. The number of hydrogen-bond donors (Lipinski definition) is 1. The summed E-state index contributed by atoms with van der Waals surface area (Å²) in [6, 6.07) is 4.94. The highest BCUT2D eigenvalue weighted by molar-refractivity contribution is 5.95. The number of primary amides is 1. The van der Waals surface area contributed by atoms with E-state index in [1.165, 1.54) is 13.2 Å². The van der Waals surface area contributed by atoms with E-state index in [9.17, 15) is 9.59 Å². The van der Waals surface area contributed by atoms with Gasteiger partial charge in [0, 0.05) is 23.5 Å². The molecule has 0 aliphatic carbocycles. The number of ether oxygens (including phenoxy) is 1. The molecule has 1 aromatic carbocycles. The molecule has 6 nitrogen and oxygen atoms in total. The van der Waals surface area contributed by atoms with Gasteiger partial charge in [0.1, 0.15) is 11.6 Å². The Kier molecular flexibility index (Phi) is 3.06. The van der Waals surface area contributed by atoms with Crippen LogP contribution in [0.15, 0.2) is 30.5 Å². The first-order valence-corrected chi connectivity index (χ1v) is 6.35. The number of hydrogen-bond acceptors (Lipinski definition) is 4. The summed E-state index contributed by atoms with van der Waals surface area (Å²) in [5.41, 5.74) is 7.05. The molecule has 0 saturated carbocycles. The van der Waals surface area contributed by atoms with Gasteiger partial charge in [-0.3, -0.25) is 9.59 Å². The Labute approximate surface area is 120 Å². The summed E-state index contributed by atoms with van der Waals surface area (Å²) in [4.78, 5) is 27.1. The van der Waals surface area contributed by atoms with Crippen molar-refractivity contribution in [2.45, 2.75) is 6.42 Å². The zero-order valence-electron chi connectivity index (χ0n) is 11.4. The molecule has 106 valence electrons. The molecule has 0 bridgehead atoms. The number of carbonyl (C=O) groups excluding carboxylic acids is 2. The molecule has 2 N–H and O–H groups in total. The largest absolute Gasteiger partial charge is 0.496 e. The van der Waals surface area contributed by atoms with Crippen LogP contribution >= 0.6 is 0 Å². The molecule has 21 heavy (non-hydrogen) atoms. The number of allylic oxidation sites excluding steroid dienone is 1. The highest BCUT2D eigenvalue weighted by atomic mass is 16.5. The maximum atomic E-state index is 11.4. The molecule has 0 fully saturated rings. The number of carbonyl (C=O) groups is 2.